The molecule has 0 bridgehead atoms. The monoisotopic (exact) mass is 276 g/mol. The molecule has 0 saturated carbocycles. The number of imidazole rings is 1. The second-order valence-corrected chi connectivity index (χ2v) is 5.15. The number of aliphatic hydroxyl groups is 1. The first-order valence-corrected chi connectivity index (χ1v) is 6.90. The maximum absolute atomic E-state index is 11.3. The number of aryl methyl sites for hydroxylation is 1. The summed E-state index contributed by atoms with van der Waals surface area (Å²) in [5, 5.41) is 18.5. The van der Waals surface area contributed by atoms with Crippen molar-refractivity contribution in [1.29, 1.82) is 0 Å². The SMILES string of the molecule is CCCc1nc2c(C(=O)O)cccc2n1CC(C)CO. The molecule has 0 fully saturated rings. The summed E-state index contributed by atoms with van der Waals surface area (Å²) in [6.07, 6.45) is 1.74. The van der Waals surface area contributed by atoms with Gasteiger partial charge in [-0.05, 0) is 24.5 Å². The van der Waals surface area contributed by atoms with Crippen LogP contribution in [-0.4, -0.2) is 32.3 Å². The molecule has 1 aromatic heterocycles. The minimum atomic E-state index is -0.960. The number of benzene rings is 1. The van der Waals surface area contributed by atoms with Gasteiger partial charge in [0.15, 0.2) is 0 Å². The number of fused-ring (bicyclic) bond motifs is 1. The van der Waals surface area contributed by atoms with E-state index in [4.69, 9.17) is 0 Å². The molecule has 5 nitrogen and oxygen atoms in total. The van der Waals surface area contributed by atoms with E-state index in [-0.39, 0.29) is 18.1 Å². The normalized spacial score (nSPS) is 12.8. The van der Waals surface area contributed by atoms with Gasteiger partial charge in [-0.25, -0.2) is 9.78 Å². The Balaban J connectivity index is 2.60. The number of hydrogen-bond donors (Lipinski definition) is 2. The molecule has 0 spiro atoms. The van der Waals surface area contributed by atoms with E-state index in [9.17, 15) is 15.0 Å². The largest absolute Gasteiger partial charge is 0.478 e. The van der Waals surface area contributed by atoms with E-state index in [0.717, 1.165) is 24.2 Å². The van der Waals surface area contributed by atoms with Crippen LogP contribution < -0.4 is 0 Å². The van der Waals surface area contributed by atoms with Gasteiger partial charge in [-0.1, -0.05) is 19.9 Å². The van der Waals surface area contributed by atoms with Gasteiger partial charge in [-0.2, -0.15) is 0 Å². The van der Waals surface area contributed by atoms with Crippen LogP contribution in [0.15, 0.2) is 18.2 Å². The summed E-state index contributed by atoms with van der Waals surface area (Å²) in [6.45, 7) is 4.77. The van der Waals surface area contributed by atoms with Crippen molar-refractivity contribution in [2.24, 2.45) is 5.92 Å². The summed E-state index contributed by atoms with van der Waals surface area (Å²) >= 11 is 0. The minimum absolute atomic E-state index is 0.101. The number of carboxylic acid groups (broad SMARTS) is 1. The van der Waals surface area contributed by atoms with E-state index < -0.39 is 5.97 Å². The van der Waals surface area contributed by atoms with Crippen molar-refractivity contribution in [2.75, 3.05) is 6.61 Å². The average molecular weight is 276 g/mol. The third-order valence-corrected chi connectivity index (χ3v) is 3.37. The molecule has 1 heterocycles. The van der Waals surface area contributed by atoms with Crippen LogP contribution in [0.4, 0.5) is 0 Å². The summed E-state index contributed by atoms with van der Waals surface area (Å²) < 4.78 is 2.03. The van der Waals surface area contributed by atoms with E-state index in [1.807, 2.05) is 17.6 Å². The van der Waals surface area contributed by atoms with Gasteiger partial charge in [0, 0.05) is 19.6 Å². The standard InChI is InChI=1S/C15H20N2O3/c1-3-5-13-16-14-11(15(19)20)6-4-7-12(14)17(13)8-10(2)9-18/h4,6-7,10,18H,3,5,8-9H2,1-2H3,(H,19,20). The van der Waals surface area contributed by atoms with Gasteiger partial charge < -0.3 is 14.8 Å². The number of carbonyl (C=O) groups is 1. The molecular formula is C15H20N2O3. The van der Waals surface area contributed by atoms with Gasteiger partial charge in [0.05, 0.1) is 11.1 Å². The molecule has 0 saturated heterocycles. The maximum Gasteiger partial charge on any atom is 0.337 e. The van der Waals surface area contributed by atoms with Crippen molar-refractivity contribution >= 4 is 17.0 Å². The molecule has 5 heteroatoms. The highest BCUT2D eigenvalue weighted by Crippen LogP contribution is 2.22. The fourth-order valence-electron chi connectivity index (χ4n) is 2.36. The Morgan fingerprint density at radius 3 is 2.80 bits per heavy atom. The highest BCUT2D eigenvalue weighted by atomic mass is 16.4. The summed E-state index contributed by atoms with van der Waals surface area (Å²) in [5.41, 5.74) is 1.59. The Kier molecular flexibility index (Phi) is 4.39. The Morgan fingerprint density at radius 2 is 2.20 bits per heavy atom. The summed E-state index contributed by atoms with van der Waals surface area (Å²) in [6, 6.07) is 5.20. The van der Waals surface area contributed by atoms with Crippen molar-refractivity contribution < 1.29 is 15.0 Å². The van der Waals surface area contributed by atoms with Crippen molar-refractivity contribution in [3.63, 3.8) is 0 Å². The van der Waals surface area contributed by atoms with Gasteiger partial charge in [-0.3, -0.25) is 0 Å². The molecule has 0 aliphatic rings. The Labute approximate surface area is 117 Å². The van der Waals surface area contributed by atoms with Crippen LogP contribution in [0, 0.1) is 5.92 Å². The van der Waals surface area contributed by atoms with Crippen molar-refractivity contribution in [3.05, 3.63) is 29.6 Å². The zero-order valence-electron chi connectivity index (χ0n) is 11.8. The fourth-order valence-corrected chi connectivity index (χ4v) is 2.36. The smallest absolute Gasteiger partial charge is 0.337 e. The molecule has 0 radical (unpaired) electrons. The molecule has 20 heavy (non-hydrogen) atoms. The van der Waals surface area contributed by atoms with Gasteiger partial charge >= 0.3 is 5.97 Å². The first-order valence-electron chi connectivity index (χ1n) is 6.90. The predicted molar refractivity (Wildman–Crippen MR) is 76.9 cm³/mol. The number of para-hydroxylation sites is 1. The third kappa shape index (κ3) is 2.67. The Bertz CT molecular complexity index is 619. The molecule has 1 aromatic carbocycles. The molecule has 2 rings (SSSR count). The predicted octanol–water partition coefficient (Wildman–Crippen LogP) is 2.32. The molecule has 1 unspecified atom stereocenters. The number of nitrogens with zero attached hydrogens (tertiary/aromatic N) is 2. The van der Waals surface area contributed by atoms with E-state index in [1.54, 1.807) is 12.1 Å². The lowest BCUT2D eigenvalue weighted by Crippen LogP contribution is -2.13. The van der Waals surface area contributed by atoms with Gasteiger partial charge in [-0.15, -0.1) is 0 Å². The van der Waals surface area contributed by atoms with Gasteiger partial charge in [0.1, 0.15) is 11.3 Å². The molecule has 0 amide bonds. The number of aromatic nitrogens is 2. The van der Waals surface area contributed by atoms with Crippen LogP contribution in [0.1, 0.15) is 36.5 Å². The summed E-state index contributed by atoms with van der Waals surface area (Å²) in [5.74, 6) is 0.0338. The lowest BCUT2D eigenvalue weighted by molar-refractivity contribution is 0.0699. The number of hydrogen-bond acceptors (Lipinski definition) is 3. The topological polar surface area (TPSA) is 75.3 Å². The van der Waals surface area contributed by atoms with Crippen LogP contribution in [0.25, 0.3) is 11.0 Å². The van der Waals surface area contributed by atoms with E-state index >= 15 is 0 Å². The fraction of sp³-hybridized carbons (Fsp3) is 0.467. The molecular weight excluding hydrogens is 256 g/mol. The summed E-state index contributed by atoms with van der Waals surface area (Å²) in [4.78, 5) is 15.8. The second kappa shape index (κ2) is 6.05. The quantitative estimate of drug-likeness (QED) is 0.849. The highest BCUT2D eigenvalue weighted by molar-refractivity contribution is 6.01. The van der Waals surface area contributed by atoms with Crippen LogP contribution in [0.2, 0.25) is 0 Å². The zero-order valence-corrected chi connectivity index (χ0v) is 11.8. The van der Waals surface area contributed by atoms with E-state index in [1.165, 1.54) is 0 Å². The van der Waals surface area contributed by atoms with Crippen molar-refractivity contribution in [1.82, 2.24) is 9.55 Å². The second-order valence-electron chi connectivity index (χ2n) is 5.15. The first kappa shape index (κ1) is 14.5. The first-order chi connectivity index (χ1) is 9.58. The number of aromatic carboxylic acids is 1. The van der Waals surface area contributed by atoms with Crippen LogP contribution >= 0.6 is 0 Å². The van der Waals surface area contributed by atoms with Crippen LogP contribution in [-0.2, 0) is 13.0 Å². The minimum Gasteiger partial charge on any atom is -0.478 e. The molecule has 0 aliphatic carbocycles. The molecule has 2 N–H and O–H groups in total. The third-order valence-electron chi connectivity index (χ3n) is 3.37. The molecule has 1 atom stereocenters. The lowest BCUT2D eigenvalue weighted by Gasteiger charge is -2.13. The zero-order chi connectivity index (χ0) is 14.7. The highest BCUT2D eigenvalue weighted by Gasteiger charge is 2.17. The molecule has 2 aromatic rings. The average Bonchev–Trinajstić information content (AvgIpc) is 2.77. The number of carboxylic acids is 1. The van der Waals surface area contributed by atoms with Crippen molar-refractivity contribution in [3.8, 4) is 0 Å². The number of aliphatic hydroxyl groups excluding tert-OH is 1. The Morgan fingerprint density at radius 1 is 1.45 bits per heavy atom. The van der Waals surface area contributed by atoms with Crippen LogP contribution in [0.5, 0.6) is 0 Å². The Hall–Kier alpha value is -1.88. The lowest BCUT2D eigenvalue weighted by atomic mass is 10.1. The molecule has 108 valence electrons. The maximum atomic E-state index is 11.3. The van der Waals surface area contributed by atoms with Gasteiger partial charge in [0.2, 0.25) is 0 Å². The van der Waals surface area contributed by atoms with Gasteiger partial charge in [0.25, 0.3) is 0 Å². The summed E-state index contributed by atoms with van der Waals surface area (Å²) in [7, 11) is 0. The van der Waals surface area contributed by atoms with E-state index in [0.29, 0.717) is 12.1 Å². The van der Waals surface area contributed by atoms with E-state index in [2.05, 4.69) is 11.9 Å². The molecule has 0 aliphatic heterocycles. The number of rotatable bonds is 6. The van der Waals surface area contributed by atoms with Crippen LogP contribution in [0.3, 0.4) is 0 Å². The van der Waals surface area contributed by atoms with Crippen molar-refractivity contribution in [2.45, 2.75) is 33.2 Å².